The second-order valence-corrected chi connectivity index (χ2v) is 4.98. The van der Waals surface area contributed by atoms with Gasteiger partial charge in [-0.2, -0.15) is 0 Å². The van der Waals surface area contributed by atoms with Gasteiger partial charge in [0.15, 0.2) is 0 Å². The molecule has 0 atom stereocenters. The number of ether oxygens (including phenoxy) is 1. The van der Waals surface area contributed by atoms with Crippen LogP contribution in [-0.4, -0.2) is 24.3 Å². The van der Waals surface area contributed by atoms with Crippen LogP contribution in [0.3, 0.4) is 0 Å². The minimum atomic E-state index is 0.537. The van der Waals surface area contributed by atoms with E-state index < -0.39 is 0 Å². The Morgan fingerprint density at radius 2 is 2.11 bits per heavy atom. The molecule has 1 aromatic carbocycles. The Bertz CT molecular complexity index is 529. The lowest BCUT2D eigenvalue weighted by Crippen LogP contribution is -2.24. The van der Waals surface area contributed by atoms with E-state index in [2.05, 4.69) is 49.1 Å². The fourth-order valence-electron chi connectivity index (χ4n) is 2.37. The SMILES string of the molecule is COc1cccc2c(CCNC(C)C)cn(C)c12. The highest BCUT2D eigenvalue weighted by molar-refractivity contribution is 5.89. The smallest absolute Gasteiger partial charge is 0.143 e. The first kappa shape index (κ1) is 13.0. The van der Waals surface area contributed by atoms with Crippen molar-refractivity contribution in [3.05, 3.63) is 30.0 Å². The molecule has 0 fully saturated rings. The normalized spacial score (nSPS) is 11.4. The molecule has 18 heavy (non-hydrogen) atoms. The van der Waals surface area contributed by atoms with Crippen LogP contribution in [0.1, 0.15) is 19.4 Å². The number of nitrogens with one attached hydrogen (secondary N) is 1. The predicted octanol–water partition coefficient (Wildman–Crippen LogP) is 2.73. The van der Waals surface area contributed by atoms with Gasteiger partial charge in [0.05, 0.1) is 12.6 Å². The molecular formula is C15H22N2O. The largest absolute Gasteiger partial charge is 0.495 e. The van der Waals surface area contributed by atoms with E-state index >= 15 is 0 Å². The fourth-order valence-corrected chi connectivity index (χ4v) is 2.37. The van der Waals surface area contributed by atoms with Crippen LogP contribution in [0.5, 0.6) is 5.75 Å². The van der Waals surface area contributed by atoms with Crippen LogP contribution in [-0.2, 0) is 13.5 Å². The van der Waals surface area contributed by atoms with Gasteiger partial charge in [0, 0.05) is 24.7 Å². The van der Waals surface area contributed by atoms with Gasteiger partial charge < -0.3 is 14.6 Å². The lowest BCUT2D eigenvalue weighted by atomic mass is 10.1. The molecule has 0 saturated carbocycles. The first-order valence-corrected chi connectivity index (χ1v) is 6.47. The summed E-state index contributed by atoms with van der Waals surface area (Å²) in [4.78, 5) is 0. The lowest BCUT2D eigenvalue weighted by Gasteiger charge is -2.07. The van der Waals surface area contributed by atoms with Gasteiger partial charge in [-0.25, -0.2) is 0 Å². The molecule has 0 saturated heterocycles. The summed E-state index contributed by atoms with van der Waals surface area (Å²) in [5.41, 5.74) is 2.55. The molecule has 0 radical (unpaired) electrons. The number of aryl methyl sites for hydroxylation is 1. The van der Waals surface area contributed by atoms with Crippen molar-refractivity contribution in [3.8, 4) is 5.75 Å². The third-order valence-electron chi connectivity index (χ3n) is 3.21. The van der Waals surface area contributed by atoms with Crippen LogP contribution in [0.4, 0.5) is 0 Å². The van der Waals surface area contributed by atoms with Gasteiger partial charge in [0.25, 0.3) is 0 Å². The van der Waals surface area contributed by atoms with Gasteiger partial charge in [-0.15, -0.1) is 0 Å². The van der Waals surface area contributed by atoms with E-state index in [9.17, 15) is 0 Å². The van der Waals surface area contributed by atoms with Crippen molar-refractivity contribution in [3.63, 3.8) is 0 Å². The first-order chi connectivity index (χ1) is 8.63. The zero-order valence-electron chi connectivity index (χ0n) is 11.7. The number of hydrogen-bond donors (Lipinski definition) is 1. The summed E-state index contributed by atoms with van der Waals surface area (Å²) in [6, 6.07) is 6.77. The molecule has 0 bridgehead atoms. The van der Waals surface area contributed by atoms with Crippen LogP contribution in [0, 0.1) is 0 Å². The predicted molar refractivity (Wildman–Crippen MR) is 76.3 cm³/mol. The summed E-state index contributed by atoms with van der Waals surface area (Å²) in [6.07, 6.45) is 3.25. The summed E-state index contributed by atoms with van der Waals surface area (Å²) in [5.74, 6) is 0.943. The average molecular weight is 246 g/mol. The topological polar surface area (TPSA) is 26.2 Å². The zero-order chi connectivity index (χ0) is 13.1. The molecule has 0 aliphatic heterocycles. The minimum Gasteiger partial charge on any atom is -0.495 e. The van der Waals surface area contributed by atoms with Gasteiger partial charge >= 0.3 is 0 Å². The molecule has 1 N–H and O–H groups in total. The van der Waals surface area contributed by atoms with Crippen molar-refractivity contribution in [1.82, 2.24) is 9.88 Å². The Morgan fingerprint density at radius 1 is 1.33 bits per heavy atom. The van der Waals surface area contributed by atoms with Crippen LogP contribution in [0.25, 0.3) is 10.9 Å². The van der Waals surface area contributed by atoms with Crippen LogP contribution in [0.2, 0.25) is 0 Å². The Labute approximate surface area is 109 Å². The maximum Gasteiger partial charge on any atom is 0.143 e. The standard InChI is InChI=1S/C15H22N2O/c1-11(2)16-9-8-12-10-17(3)15-13(12)6-5-7-14(15)18-4/h5-7,10-11,16H,8-9H2,1-4H3. The van der Waals surface area contributed by atoms with Crippen molar-refractivity contribution in [1.29, 1.82) is 0 Å². The fraction of sp³-hybridized carbons (Fsp3) is 0.467. The number of aromatic nitrogens is 1. The molecule has 0 unspecified atom stereocenters. The van der Waals surface area contributed by atoms with E-state index in [0.717, 1.165) is 18.7 Å². The molecule has 2 rings (SSSR count). The molecule has 1 heterocycles. The second-order valence-electron chi connectivity index (χ2n) is 4.98. The number of hydrogen-bond acceptors (Lipinski definition) is 2. The Kier molecular flexibility index (Phi) is 3.92. The number of methoxy groups -OCH3 is 1. The molecule has 0 aliphatic rings. The van der Waals surface area contributed by atoms with Gasteiger partial charge in [-0.3, -0.25) is 0 Å². The molecule has 0 spiro atoms. The number of nitrogens with zero attached hydrogens (tertiary/aromatic N) is 1. The van der Waals surface area contributed by atoms with Gasteiger partial charge in [-0.1, -0.05) is 26.0 Å². The van der Waals surface area contributed by atoms with E-state index in [1.165, 1.54) is 16.5 Å². The summed E-state index contributed by atoms with van der Waals surface area (Å²) in [7, 11) is 3.80. The van der Waals surface area contributed by atoms with E-state index in [1.54, 1.807) is 7.11 Å². The van der Waals surface area contributed by atoms with Crippen molar-refractivity contribution in [2.24, 2.45) is 7.05 Å². The van der Waals surface area contributed by atoms with Crippen molar-refractivity contribution in [2.45, 2.75) is 26.3 Å². The molecule has 98 valence electrons. The summed E-state index contributed by atoms with van der Waals surface area (Å²) >= 11 is 0. The first-order valence-electron chi connectivity index (χ1n) is 6.47. The van der Waals surface area contributed by atoms with Crippen LogP contribution in [0.15, 0.2) is 24.4 Å². The Morgan fingerprint density at radius 3 is 2.78 bits per heavy atom. The van der Waals surface area contributed by atoms with Gasteiger partial charge in [0.1, 0.15) is 5.75 Å². The van der Waals surface area contributed by atoms with E-state index in [0.29, 0.717) is 6.04 Å². The van der Waals surface area contributed by atoms with E-state index in [1.807, 2.05) is 6.07 Å². The highest BCUT2D eigenvalue weighted by Gasteiger charge is 2.10. The number of para-hydroxylation sites is 1. The van der Waals surface area contributed by atoms with Crippen LogP contribution >= 0.6 is 0 Å². The molecule has 0 aliphatic carbocycles. The molecule has 3 heteroatoms. The maximum atomic E-state index is 5.43. The number of benzene rings is 1. The summed E-state index contributed by atoms with van der Waals surface area (Å²) in [6.45, 7) is 5.35. The van der Waals surface area contributed by atoms with Gasteiger partial charge in [-0.05, 0) is 24.6 Å². The third-order valence-corrected chi connectivity index (χ3v) is 3.21. The highest BCUT2D eigenvalue weighted by Crippen LogP contribution is 2.29. The molecule has 3 nitrogen and oxygen atoms in total. The molecule has 1 aromatic heterocycles. The van der Waals surface area contributed by atoms with Crippen LogP contribution < -0.4 is 10.1 Å². The number of fused-ring (bicyclic) bond motifs is 1. The summed E-state index contributed by atoms with van der Waals surface area (Å²) < 4.78 is 7.58. The molecular weight excluding hydrogens is 224 g/mol. The number of rotatable bonds is 5. The second kappa shape index (κ2) is 5.44. The van der Waals surface area contributed by atoms with Crippen molar-refractivity contribution in [2.75, 3.05) is 13.7 Å². The summed E-state index contributed by atoms with van der Waals surface area (Å²) in [5, 5.41) is 4.75. The van der Waals surface area contributed by atoms with Crippen molar-refractivity contribution < 1.29 is 4.74 Å². The van der Waals surface area contributed by atoms with Crippen molar-refractivity contribution >= 4 is 10.9 Å². The van der Waals surface area contributed by atoms with E-state index in [4.69, 9.17) is 4.74 Å². The lowest BCUT2D eigenvalue weighted by molar-refractivity contribution is 0.418. The average Bonchev–Trinajstić information content (AvgIpc) is 2.66. The zero-order valence-corrected chi connectivity index (χ0v) is 11.7. The van der Waals surface area contributed by atoms with E-state index in [-0.39, 0.29) is 0 Å². The minimum absolute atomic E-state index is 0.537. The maximum absolute atomic E-state index is 5.43. The highest BCUT2D eigenvalue weighted by atomic mass is 16.5. The Hall–Kier alpha value is -1.48. The quantitative estimate of drug-likeness (QED) is 0.878. The monoisotopic (exact) mass is 246 g/mol. The molecule has 2 aromatic rings. The third kappa shape index (κ3) is 2.51. The van der Waals surface area contributed by atoms with Gasteiger partial charge in [0.2, 0.25) is 0 Å². The Balaban J connectivity index is 2.29. The molecule has 0 amide bonds.